The van der Waals surface area contributed by atoms with Gasteiger partial charge in [0, 0.05) is 19.3 Å². The molecule has 0 aliphatic carbocycles. The second-order valence-corrected chi connectivity index (χ2v) is 7.20. The molecular formula is C12H18N4O3S. The van der Waals surface area contributed by atoms with E-state index in [2.05, 4.69) is 15.5 Å². The summed E-state index contributed by atoms with van der Waals surface area (Å²) < 4.78 is 23.4. The molecule has 0 spiro atoms. The maximum atomic E-state index is 11.7. The third-order valence-corrected chi connectivity index (χ3v) is 5.63. The van der Waals surface area contributed by atoms with Gasteiger partial charge in [-0.2, -0.15) is 0 Å². The number of hydrogen-bond acceptors (Lipinski definition) is 6. The van der Waals surface area contributed by atoms with Gasteiger partial charge < -0.3 is 16.3 Å². The predicted octanol–water partition coefficient (Wildman–Crippen LogP) is -0.157. The first-order chi connectivity index (χ1) is 9.53. The van der Waals surface area contributed by atoms with Gasteiger partial charge in [0.2, 0.25) is 0 Å². The summed E-state index contributed by atoms with van der Waals surface area (Å²) in [5, 5.41) is 14.3. The lowest BCUT2D eigenvalue weighted by Crippen LogP contribution is -2.30. The fraction of sp³-hybridized carbons (Fsp3) is 0.500. The molecule has 1 fully saturated rings. The highest BCUT2D eigenvalue weighted by Gasteiger charge is 2.30. The van der Waals surface area contributed by atoms with Crippen LogP contribution < -0.4 is 11.1 Å². The van der Waals surface area contributed by atoms with Gasteiger partial charge in [-0.25, -0.2) is 8.42 Å². The standard InChI is InChI=1S/C12H18N4O3S/c13-12(16-17)11-6-9(3-4-15-11)7-14-8-10-2-1-5-20(10,18)19/h3-4,6,10,14,17H,1-2,5,7-8H2,(H2,13,16). The van der Waals surface area contributed by atoms with Crippen molar-refractivity contribution in [2.45, 2.75) is 24.6 Å². The molecule has 7 nitrogen and oxygen atoms in total. The highest BCUT2D eigenvalue weighted by molar-refractivity contribution is 7.92. The lowest BCUT2D eigenvalue weighted by atomic mass is 10.2. The number of sulfone groups is 1. The number of nitrogens with one attached hydrogen (secondary N) is 1. The first kappa shape index (κ1) is 14.7. The number of pyridine rings is 1. The van der Waals surface area contributed by atoms with E-state index >= 15 is 0 Å². The van der Waals surface area contributed by atoms with Crippen molar-refractivity contribution in [1.82, 2.24) is 10.3 Å². The molecule has 2 rings (SSSR count). The van der Waals surface area contributed by atoms with E-state index in [0.717, 1.165) is 18.4 Å². The minimum atomic E-state index is -2.91. The van der Waals surface area contributed by atoms with Crippen LogP contribution in [0.1, 0.15) is 24.1 Å². The van der Waals surface area contributed by atoms with E-state index in [4.69, 9.17) is 10.9 Å². The van der Waals surface area contributed by atoms with E-state index in [-0.39, 0.29) is 11.1 Å². The summed E-state index contributed by atoms with van der Waals surface area (Å²) in [6.07, 6.45) is 3.04. The Morgan fingerprint density at radius 2 is 2.40 bits per heavy atom. The molecule has 20 heavy (non-hydrogen) atoms. The van der Waals surface area contributed by atoms with Gasteiger partial charge in [0.1, 0.15) is 5.69 Å². The van der Waals surface area contributed by atoms with Crippen LogP contribution in [-0.4, -0.2) is 42.0 Å². The topological polar surface area (TPSA) is 118 Å². The second-order valence-electron chi connectivity index (χ2n) is 4.80. The van der Waals surface area contributed by atoms with Crippen molar-refractivity contribution in [3.8, 4) is 0 Å². The van der Waals surface area contributed by atoms with Crippen LogP contribution in [0.15, 0.2) is 23.5 Å². The summed E-state index contributed by atoms with van der Waals surface area (Å²) >= 11 is 0. The largest absolute Gasteiger partial charge is 0.409 e. The van der Waals surface area contributed by atoms with Gasteiger partial charge in [-0.1, -0.05) is 5.16 Å². The number of nitrogens with two attached hydrogens (primary N) is 1. The summed E-state index contributed by atoms with van der Waals surface area (Å²) in [7, 11) is -2.91. The van der Waals surface area contributed by atoms with Crippen LogP contribution in [-0.2, 0) is 16.4 Å². The van der Waals surface area contributed by atoms with Crippen molar-refractivity contribution in [2.75, 3.05) is 12.3 Å². The molecule has 1 unspecified atom stereocenters. The third-order valence-electron chi connectivity index (χ3n) is 3.36. The molecule has 0 saturated carbocycles. The summed E-state index contributed by atoms with van der Waals surface area (Å²) in [6.45, 7) is 0.962. The van der Waals surface area contributed by atoms with Crippen molar-refractivity contribution < 1.29 is 13.6 Å². The molecule has 1 atom stereocenters. The molecule has 1 saturated heterocycles. The normalized spacial score (nSPS) is 22.0. The second kappa shape index (κ2) is 6.19. The molecule has 1 aromatic heterocycles. The van der Waals surface area contributed by atoms with Crippen molar-refractivity contribution in [3.63, 3.8) is 0 Å². The maximum Gasteiger partial charge on any atom is 0.188 e. The van der Waals surface area contributed by atoms with Crippen LogP contribution in [0, 0.1) is 0 Å². The molecule has 0 aromatic carbocycles. The summed E-state index contributed by atoms with van der Waals surface area (Å²) in [5.74, 6) is 0.243. The smallest absolute Gasteiger partial charge is 0.188 e. The minimum absolute atomic E-state index is 0.0507. The predicted molar refractivity (Wildman–Crippen MR) is 75.3 cm³/mol. The van der Waals surface area contributed by atoms with Crippen LogP contribution in [0.2, 0.25) is 0 Å². The Labute approximate surface area is 117 Å². The number of oxime groups is 1. The molecule has 2 heterocycles. The zero-order valence-electron chi connectivity index (χ0n) is 11.0. The number of amidine groups is 1. The molecular weight excluding hydrogens is 280 g/mol. The molecule has 0 radical (unpaired) electrons. The first-order valence-electron chi connectivity index (χ1n) is 6.38. The van der Waals surface area contributed by atoms with Crippen molar-refractivity contribution in [2.24, 2.45) is 10.9 Å². The maximum absolute atomic E-state index is 11.7. The van der Waals surface area contributed by atoms with Crippen LogP contribution in [0.4, 0.5) is 0 Å². The Kier molecular flexibility index (Phi) is 4.56. The average molecular weight is 298 g/mol. The fourth-order valence-electron chi connectivity index (χ4n) is 2.24. The fourth-order valence-corrected chi connectivity index (χ4v) is 4.04. The number of hydrogen-bond donors (Lipinski definition) is 3. The average Bonchev–Trinajstić information content (AvgIpc) is 2.77. The van der Waals surface area contributed by atoms with Gasteiger partial charge in [0.15, 0.2) is 15.7 Å². The van der Waals surface area contributed by atoms with Gasteiger partial charge in [-0.05, 0) is 30.5 Å². The van der Waals surface area contributed by atoms with Crippen molar-refractivity contribution in [3.05, 3.63) is 29.6 Å². The lowest BCUT2D eigenvalue weighted by Gasteiger charge is -2.11. The van der Waals surface area contributed by atoms with E-state index in [1.807, 2.05) is 0 Å². The molecule has 1 aromatic rings. The molecule has 1 aliphatic heterocycles. The van der Waals surface area contributed by atoms with E-state index in [1.54, 1.807) is 18.3 Å². The van der Waals surface area contributed by atoms with E-state index in [0.29, 0.717) is 24.5 Å². The SMILES string of the molecule is N/C(=N/O)c1cc(CNCC2CCCS2(=O)=O)ccn1. The monoisotopic (exact) mass is 298 g/mol. The summed E-state index contributed by atoms with van der Waals surface area (Å²) in [6, 6.07) is 3.50. The number of aromatic nitrogens is 1. The molecule has 110 valence electrons. The molecule has 1 aliphatic rings. The van der Waals surface area contributed by atoms with Gasteiger partial charge in [-0.15, -0.1) is 0 Å². The molecule has 4 N–H and O–H groups in total. The van der Waals surface area contributed by atoms with Crippen LogP contribution in [0.5, 0.6) is 0 Å². The highest BCUT2D eigenvalue weighted by Crippen LogP contribution is 2.19. The lowest BCUT2D eigenvalue weighted by molar-refractivity contribution is 0.318. The molecule has 0 bridgehead atoms. The van der Waals surface area contributed by atoms with E-state index < -0.39 is 9.84 Å². The molecule has 0 amide bonds. The summed E-state index contributed by atoms with van der Waals surface area (Å²) in [4.78, 5) is 3.98. The Balaban J connectivity index is 1.92. The highest BCUT2D eigenvalue weighted by atomic mass is 32.2. The Bertz CT molecular complexity index is 600. The van der Waals surface area contributed by atoms with Crippen LogP contribution >= 0.6 is 0 Å². The van der Waals surface area contributed by atoms with Crippen LogP contribution in [0.25, 0.3) is 0 Å². The van der Waals surface area contributed by atoms with Crippen molar-refractivity contribution >= 4 is 15.7 Å². The number of rotatable bonds is 5. The first-order valence-corrected chi connectivity index (χ1v) is 8.09. The quantitative estimate of drug-likeness (QED) is 0.301. The Morgan fingerprint density at radius 1 is 1.60 bits per heavy atom. The van der Waals surface area contributed by atoms with Gasteiger partial charge in [0.25, 0.3) is 0 Å². The van der Waals surface area contributed by atoms with Gasteiger partial charge in [0.05, 0.1) is 11.0 Å². The van der Waals surface area contributed by atoms with E-state index in [9.17, 15) is 8.42 Å². The van der Waals surface area contributed by atoms with Gasteiger partial charge in [-0.3, -0.25) is 4.98 Å². The Morgan fingerprint density at radius 3 is 3.05 bits per heavy atom. The van der Waals surface area contributed by atoms with E-state index in [1.165, 1.54) is 0 Å². The molecule has 8 heteroatoms. The summed E-state index contributed by atoms with van der Waals surface area (Å²) in [5.41, 5.74) is 6.75. The van der Waals surface area contributed by atoms with Gasteiger partial charge >= 0.3 is 0 Å². The van der Waals surface area contributed by atoms with Crippen LogP contribution in [0.3, 0.4) is 0 Å². The zero-order valence-corrected chi connectivity index (χ0v) is 11.8. The minimum Gasteiger partial charge on any atom is -0.409 e. The zero-order chi connectivity index (χ0) is 14.6. The third kappa shape index (κ3) is 3.45. The number of nitrogens with zero attached hydrogens (tertiary/aromatic N) is 2. The Hall–Kier alpha value is -1.67. The van der Waals surface area contributed by atoms with Crippen molar-refractivity contribution in [1.29, 1.82) is 0 Å².